The van der Waals surface area contributed by atoms with Crippen LogP contribution in [0.3, 0.4) is 0 Å². The zero-order chi connectivity index (χ0) is 29.4. The zero-order valence-corrected chi connectivity index (χ0v) is 22.7. The Morgan fingerprint density at radius 3 is 2.28 bits per heavy atom. The van der Waals surface area contributed by atoms with E-state index in [0.29, 0.717) is 44.3 Å². The third-order valence-corrected chi connectivity index (χ3v) is 7.68. The molecule has 1 saturated heterocycles. The van der Waals surface area contributed by atoms with Crippen LogP contribution >= 0.6 is 7.82 Å². The number of carbonyl (C=O) groups excluding carboxylic acids is 2. The summed E-state index contributed by atoms with van der Waals surface area (Å²) in [6.07, 6.45) is 8.71. The molecule has 9 N–H and O–H groups in total. The smallest absolute Gasteiger partial charge is 0.320 e. The van der Waals surface area contributed by atoms with Gasteiger partial charge in [-0.3, -0.25) is 9.59 Å². The van der Waals surface area contributed by atoms with E-state index in [4.69, 9.17) is 41.1 Å². The minimum Gasteiger partial charge on any atom is -0.790 e. The maximum atomic E-state index is 12.4. The van der Waals surface area contributed by atoms with Gasteiger partial charge in [0.1, 0.15) is 12.1 Å². The Kier molecular flexibility index (Phi) is 11.7. The van der Waals surface area contributed by atoms with E-state index in [9.17, 15) is 19.5 Å². The quantitative estimate of drug-likeness (QED) is 0.120. The van der Waals surface area contributed by atoms with Gasteiger partial charge in [0.25, 0.3) is 0 Å². The molecule has 4 saturated carbocycles. The lowest BCUT2D eigenvalue weighted by Gasteiger charge is -2.60. The minimum atomic E-state index is -5.14. The van der Waals surface area contributed by atoms with Crippen LogP contribution in [0, 0.1) is 23.2 Å². The van der Waals surface area contributed by atoms with Gasteiger partial charge in [-0.1, -0.05) is 0 Å². The van der Waals surface area contributed by atoms with Crippen molar-refractivity contribution in [2.75, 3.05) is 19.6 Å². The van der Waals surface area contributed by atoms with Gasteiger partial charge >= 0.3 is 12.0 Å². The van der Waals surface area contributed by atoms with Gasteiger partial charge in [0.05, 0.1) is 26.0 Å². The molecule has 4 aliphatic carbocycles. The normalized spacial score (nSPS) is 31.2. The molecule has 0 aromatic rings. The van der Waals surface area contributed by atoms with E-state index in [1.54, 1.807) is 4.90 Å². The Morgan fingerprint density at radius 1 is 1.21 bits per heavy atom. The molecule has 1 aliphatic heterocycles. The van der Waals surface area contributed by atoms with E-state index in [2.05, 4.69) is 16.7 Å². The van der Waals surface area contributed by atoms with Crippen LogP contribution in [0.2, 0.25) is 0 Å². The fourth-order valence-electron chi connectivity index (χ4n) is 6.64. The van der Waals surface area contributed by atoms with Gasteiger partial charge in [0.15, 0.2) is 0 Å². The molecule has 2 unspecified atom stereocenters. The highest BCUT2D eigenvalue weighted by Gasteiger charge is 2.57. The van der Waals surface area contributed by atoms with E-state index in [-0.39, 0.29) is 17.5 Å². The molecular weight excluding hydrogens is 535 g/mol. The molecule has 15 nitrogen and oxygen atoms in total. The molecule has 5 aliphatic rings. The Balaban J connectivity index is 0.000000266. The Hall–Kier alpha value is -2.31. The number of aliphatic carboxylic acids is 1. The molecule has 39 heavy (non-hydrogen) atoms. The summed E-state index contributed by atoms with van der Waals surface area (Å²) in [4.78, 5) is 58.8. The number of nitrogens with zero attached hydrogens (tertiary/aromatic N) is 2. The van der Waals surface area contributed by atoms with Crippen molar-refractivity contribution in [2.24, 2.45) is 23.3 Å². The number of primary amides is 1. The molecule has 1 heterocycles. The predicted molar refractivity (Wildman–Crippen MR) is 133 cm³/mol. The van der Waals surface area contributed by atoms with Gasteiger partial charge in [-0.2, -0.15) is 5.26 Å². The third kappa shape index (κ3) is 11.0. The number of aliphatic hydroxyl groups is 1. The van der Waals surface area contributed by atoms with Crippen LogP contribution in [0.25, 0.3) is 0 Å². The minimum absolute atomic E-state index is 0.0453. The number of phosphoric acid groups is 1. The fraction of sp³-hybridized carbons (Fsp3) is 0.826. The highest BCUT2D eigenvalue weighted by atomic mass is 31.2. The van der Waals surface area contributed by atoms with Gasteiger partial charge < -0.3 is 56.5 Å². The highest BCUT2D eigenvalue weighted by Crippen LogP contribution is 2.57. The van der Waals surface area contributed by atoms with Crippen LogP contribution in [-0.2, 0) is 14.2 Å². The van der Waals surface area contributed by atoms with Gasteiger partial charge in [0, 0.05) is 18.6 Å². The summed E-state index contributed by atoms with van der Waals surface area (Å²) in [7, 11) is -5.14. The number of carboxylic acid groups (broad SMARTS) is 1. The number of likely N-dealkylation sites (tertiary alicyclic amines) is 1. The van der Waals surface area contributed by atoms with E-state index >= 15 is 0 Å². The number of urea groups is 1. The van der Waals surface area contributed by atoms with E-state index in [1.165, 1.54) is 6.42 Å². The van der Waals surface area contributed by atoms with Gasteiger partial charge in [-0.15, -0.1) is 0 Å². The lowest BCUT2D eigenvalue weighted by atomic mass is 9.51. The molecule has 16 heteroatoms. The van der Waals surface area contributed by atoms with E-state index in [0.717, 1.165) is 44.9 Å². The van der Waals surface area contributed by atoms with Crippen molar-refractivity contribution in [3.63, 3.8) is 0 Å². The lowest BCUT2D eigenvalue weighted by molar-refractivity contribution is -0.337. The second kappa shape index (κ2) is 13.8. The molecule has 0 aromatic heterocycles. The van der Waals surface area contributed by atoms with Crippen molar-refractivity contribution in [2.45, 2.75) is 87.4 Å². The van der Waals surface area contributed by atoms with Crippen LogP contribution in [0.15, 0.2) is 0 Å². The summed E-state index contributed by atoms with van der Waals surface area (Å²) < 4.78 is 8.66. The maximum absolute atomic E-state index is 12.4. The second-order valence-corrected chi connectivity index (χ2v) is 12.0. The number of nitriles is 1. The van der Waals surface area contributed by atoms with Crippen LogP contribution in [0.4, 0.5) is 4.79 Å². The fourth-order valence-corrected chi connectivity index (χ4v) is 6.64. The first-order chi connectivity index (χ1) is 18.0. The van der Waals surface area contributed by atoms with Crippen molar-refractivity contribution in [1.82, 2.24) is 15.5 Å². The number of nitrogens with two attached hydrogens (primary N) is 2. The Morgan fingerprint density at radius 2 is 1.79 bits per heavy atom. The molecule has 222 valence electrons. The molecule has 3 amide bonds. The molecule has 5 fully saturated rings. The monoisotopic (exact) mass is 574 g/mol. The van der Waals surface area contributed by atoms with Crippen molar-refractivity contribution in [3.8, 4) is 6.07 Å². The van der Waals surface area contributed by atoms with Crippen molar-refractivity contribution >= 4 is 25.7 Å². The number of nitrogens with one attached hydrogen (secondary N) is 2. The average molecular weight is 575 g/mol. The molecule has 4 atom stereocenters. The predicted octanol–water partition coefficient (Wildman–Crippen LogP) is -2.17. The van der Waals surface area contributed by atoms with Gasteiger partial charge in [-0.05, 0) is 76.0 Å². The summed E-state index contributed by atoms with van der Waals surface area (Å²) in [5, 5.41) is 34.1. The summed E-state index contributed by atoms with van der Waals surface area (Å²) in [5.41, 5.74) is 9.42. The molecule has 0 spiro atoms. The molecular formula is C23H39N6O9P-2. The first-order valence-electron chi connectivity index (χ1n) is 13.0. The molecule has 4 bridgehead atoms. The van der Waals surface area contributed by atoms with Crippen molar-refractivity contribution in [3.05, 3.63) is 0 Å². The average Bonchev–Trinajstić information content (AvgIpc) is 3.27. The second-order valence-electron chi connectivity index (χ2n) is 11.0. The number of hydrogen-bond donors (Lipinski definition) is 7. The maximum Gasteiger partial charge on any atom is 0.320 e. The largest absolute Gasteiger partial charge is 0.790 e. The Labute approximate surface area is 227 Å². The van der Waals surface area contributed by atoms with E-state index < -0.39 is 31.5 Å². The number of hydrogen-bond acceptors (Lipinski definition) is 10. The number of amides is 3. The summed E-state index contributed by atoms with van der Waals surface area (Å²) >= 11 is 0. The number of carboxylic acids is 1. The van der Waals surface area contributed by atoms with Gasteiger partial charge in [0.2, 0.25) is 5.91 Å². The lowest BCUT2D eigenvalue weighted by Crippen LogP contribution is -2.65. The van der Waals surface area contributed by atoms with Crippen LogP contribution in [-0.4, -0.2) is 80.8 Å². The summed E-state index contributed by atoms with van der Waals surface area (Å²) in [5.74, 6) is 0.251. The number of carbonyl (C=O) groups is 3. The van der Waals surface area contributed by atoms with Crippen LogP contribution < -0.4 is 31.9 Å². The Bertz CT molecular complexity index is 948. The third-order valence-electron chi connectivity index (χ3n) is 7.68. The standard InChI is InChI=1S/C17H25N3O2.C6H13N3O3.H3O4P/c18-9-14-2-1-3-20(14)15(21)10-19-16-5-12-4-13(6-16)8-17(22,7-12)11-16;7-4(5(10)11)2-1-3-9-6(8)12;1-5(2,3)4/h12-14,19,22H,1-8,10-11H2;4H,1-3,7H2,(H,10,11)(H3,8,9,12);(H3,1,2,3,4)/p-2/t12?,13?,14-,16?,17?;4-;/m00./s1. The first kappa shape index (κ1) is 32.9. The van der Waals surface area contributed by atoms with Gasteiger partial charge in [-0.25, -0.2) is 4.79 Å². The topological polar surface area (TPSA) is 278 Å². The van der Waals surface area contributed by atoms with Crippen molar-refractivity contribution < 1.29 is 43.8 Å². The highest BCUT2D eigenvalue weighted by molar-refractivity contribution is 7.42. The van der Waals surface area contributed by atoms with Crippen LogP contribution in [0.5, 0.6) is 0 Å². The van der Waals surface area contributed by atoms with Crippen molar-refractivity contribution in [1.29, 1.82) is 5.26 Å². The summed E-state index contributed by atoms with van der Waals surface area (Å²) in [6, 6.07) is 0.518. The zero-order valence-electron chi connectivity index (χ0n) is 21.8. The molecule has 5 rings (SSSR count). The van der Waals surface area contributed by atoms with Crippen LogP contribution in [0.1, 0.15) is 64.2 Å². The SMILES string of the molecule is N#C[C@@H]1CCCN1C(=O)CNC12CC3CC(CC(O)(C3)C1)C2.NC(=O)NCCC[C@H](N)C(=O)O.O=P([O-])([O-])O. The first-order valence-corrected chi connectivity index (χ1v) is 14.5. The van der Waals surface area contributed by atoms with E-state index in [1.807, 2.05) is 0 Å². The summed E-state index contributed by atoms with van der Waals surface area (Å²) in [6.45, 7) is 1.38. The molecule has 0 aromatic carbocycles. The number of rotatable bonds is 8. The molecule has 0 radical (unpaired) electrons.